The smallest absolute Gasteiger partial charge is 0.387 e. The second kappa shape index (κ2) is 7.71. The van der Waals surface area contributed by atoms with Crippen molar-refractivity contribution in [2.24, 2.45) is 5.73 Å². The zero-order valence-corrected chi connectivity index (χ0v) is 12.5. The molecule has 0 radical (unpaired) electrons. The third-order valence-corrected chi connectivity index (χ3v) is 4.22. The molecule has 1 aliphatic heterocycles. The molecular weight excluding hydrogens is 274 g/mol. The van der Waals surface area contributed by atoms with Gasteiger partial charge in [-0.2, -0.15) is 8.78 Å². The zero-order valence-electron chi connectivity index (χ0n) is 12.5. The molecule has 1 aromatic carbocycles. The summed E-state index contributed by atoms with van der Waals surface area (Å²) >= 11 is 0. The van der Waals surface area contributed by atoms with Crippen molar-refractivity contribution in [2.75, 3.05) is 13.1 Å². The van der Waals surface area contributed by atoms with E-state index in [1.54, 1.807) is 12.1 Å². The lowest BCUT2D eigenvalue weighted by atomic mass is 10.0. The monoisotopic (exact) mass is 298 g/mol. The van der Waals surface area contributed by atoms with Gasteiger partial charge in [-0.1, -0.05) is 25.0 Å². The Morgan fingerprint density at radius 1 is 1.24 bits per heavy atom. The van der Waals surface area contributed by atoms with Crippen LogP contribution in [0.5, 0.6) is 5.75 Å². The van der Waals surface area contributed by atoms with Gasteiger partial charge in [0.1, 0.15) is 5.75 Å². The molecular formula is C16H24F2N2O. The lowest BCUT2D eigenvalue weighted by Gasteiger charge is -2.35. The van der Waals surface area contributed by atoms with Crippen LogP contribution in [0.2, 0.25) is 0 Å². The summed E-state index contributed by atoms with van der Waals surface area (Å²) in [6.07, 6.45) is 4.89. The quantitative estimate of drug-likeness (QED) is 0.903. The molecule has 1 heterocycles. The Balaban J connectivity index is 2.12. The number of rotatable bonds is 5. The van der Waals surface area contributed by atoms with Crippen LogP contribution in [0.25, 0.3) is 0 Å². The molecule has 5 heteroatoms. The largest absolute Gasteiger partial charge is 0.435 e. The summed E-state index contributed by atoms with van der Waals surface area (Å²) in [7, 11) is 0. The maximum atomic E-state index is 12.2. The molecule has 2 N–H and O–H groups in total. The molecule has 0 saturated carbocycles. The minimum absolute atomic E-state index is 0.138. The zero-order chi connectivity index (χ0) is 15.2. The number of ether oxygens (including phenoxy) is 1. The molecule has 0 amide bonds. The van der Waals surface area contributed by atoms with Crippen molar-refractivity contribution in [1.82, 2.24) is 4.90 Å². The third-order valence-electron chi connectivity index (χ3n) is 4.22. The number of hydrogen-bond acceptors (Lipinski definition) is 3. The Kier molecular flexibility index (Phi) is 5.94. The van der Waals surface area contributed by atoms with Crippen LogP contribution in [0, 0.1) is 0 Å². The van der Waals surface area contributed by atoms with Gasteiger partial charge in [0.2, 0.25) is 0 Å². The number of likely N-dealkylation sites (tertiary alicyclic amines) is 1. The van der Waals surface area contributed by atoms with Gasteiger partial charge in [0, 0.05) is 18.6 Å². The highest BCUT2D eigenvalue weighted by molar-refractivity contribution is 5.29. The van der Waals surface area contributed by atoms with Crippen molar-refractivity contribution >= 4 is 0 Å². The molecule has 0 aromatic heterocycles. The van der Waals surface area contributed by atoms with Crippen LogP contribution in [0.15, 0.2) is 24.3 Å². The van der Waals surface area contributed by atoms with Crippen LogP contribution in [0.1, 0.15) is 44.2 Å². The average molecular weight is 298 g/mol. The first-order valence-corrected chi connectivity index (χ1v) is 7.62. The summed E-state index contributed by atoms with van der Waals surface area (Å²) in [5.41, 5.74) is 7.04. The van der Waals surface area contributed by atoms with Gasteiger partial charge in [0.15, 0.2) is 0 Å². The Bertz CT molecular complexity index is 425. The van der Waals surface area contributed by atoms with Crippen molar-refractivity contribution in [1.29, 1.82) is 0 Å². The summed E-state index contributed by atoms with van der Waals surface area (Å²) in [5.74, 6) is 0.188. The number of halogens is 2. The molecule has 1 aliphatic rings. The van der Waals surface area contributed by atoms with E-state index in [1.165, 1.54) is 25.7 Å². The lowest BCUT2D eigenvalue weighted by Crippen LogP contribution is -2.39. The van der Waals surface area contributed by atoms with E-state index in [-0.39, 0.29) is 11.8 Å². The second-order valence-electron chi connectivity index (χ2n) is 5.64. The minimum Gasteiger partial charge on any atom is -0.435 e. The Morgan fingerprint density at radius 2 is 1.95 bits per heavy atom. The van der Waals surface area contributed by atoms with Crippen LogP contribution >= 0.6 is 0 Å². The predicted octanol–water partition coefficient (Wildman–Crippen LogP) is 3.55. The summed E-state index contributed by atoms with van der Waals surface area (Å²) in [6, 6.07) is 7.50. The molecule has 21 heavy (non-hydrogen) atoms. The fourth-order valence-electron chi connectivity index (χ4n) is 3.09. The van der Waals surface area contributed by atoms with Gasteiger partial charge in [0.25, 0.3) is 0 Å². The van der Waals surface area contributed by atoms with E-state index in [2.05, 4.69) is 16.6 Å². The van der Waals surface area contributed by atoms with Crippen molar-refractivity contribution < 1.29 is 13.5 Å². The van der Waals surface area contributed by atoms with E-state index in [0.717, 1.165) is 12.1 Å². The average Bonchev–Trinajstić information content (AvgIpc) is 2.66. The first kappa shape index (κ1) is 16.2. The SMILES string of the molecule is CC1CCCCCN1C(CN)c1ccc(OC(F)F)cc1. The van der Waals surface area contributed by atoms with E-state index < -0.39 is 6.61 Å². The first-order valence-electron chi connectivity index (χ1n) is 7.62. The van der Waals surface area contributed by atoms with Gasteiger partial charge in [0.05, 0.1) is 0 Å². The third kappa shape index (κ3) is 4.38. The highest BCUT2D eigenvalue weighted by Crippen LogP contribution is 2.28. The molecule has 0 aliphatic carbocycles. The van der Waals surface area contributed by atoms with Gasteiger partial charge < -0.3 is 10.5 Å². The van der Waals surface area contributed by atoms with Crippen molar-refractivity contribution in [3.63, 3.8) is 0 Å². The Hall–Kier alpha value is -1.20. The van der Waals surface area contributed by atoms with Crippen LogP contribution in [-0.2, 0) is 0 Å². The van der Waals surface area contributed by atoms with Crippen LogP contribution in [-0.4, -0.2) is 30.6 Å². The van der Waals surface area contributed by atoms with Crippen LogP contribution in [0.3, 0.4) is 0 Å². The molecule has 0 spiro atoms. The number of nitrogens with zero attached hydrogens (tertiary/aromatic N) is 1. The summed E-state index contributed by atoms with van der Waals surface area (Å²) < 4.78 is 28.8. The highest BCUT2D eigenvalue weighted by atomic mass is 19.3. The van der Waals surface area contributed by atoms with Crippen molar-refractivity contribution in [3.8, 4) is 5.75 Å². The summed E-state index contributed by atoms with van der Waals surface area (Å²) in [4.78, 5) is 2.44. The van der Waals surface area contributed by atoms with Crippen LogP contribution in [0.4, 0.5) is 8.78 Å². The van der Waals surface area contributed by atoms with Gasteiger partial charge in [-0.25, -0.2) is 0 Å². The molecule has 1 fully saturated rings. The van der Waals surface area contributed by atoms with E-state index in [9.17, 15) is 8.78 Å². The van der Waals surface area contributed by atoms with Crippen molar-refractivity contribution in [3.05, 3.63) is 29.8 Å². The molecule has 2 unspecified atom stereocenters. The summed E-state index contributed by atoms with van der Waals surface area (Å²) in [6.45, 7) is 1.02. The predicted molar refractivity (Wildman–Crippen MR) is 79.5 cm³/mol. The maximum Gasteiger partial charge on any atom is 0.387 e. The number of nitrogens with two attached hydrogens (primary N) is 1. The highest BCUT2D eigenvalue weighted by Gasteiger charge is 2.25. The van der Waals surface area contributed by atoms with Crippen LogP contribution < -0.4 is 10.5 Å². The molecule has 1 aromatic rings. The number of alkyl halides is 2. The molecule has 1 saturated heterocycles. The van der Waals surface area contributed by atoms with E-state index >= 15 is 0 Å². The van der Waals surface area contributed by atoms with E-state index in [0.29, 0.717) is 12.6 Å². The van der Waals surface area contributed by atoms with Gasteiger partial charge in [-0.05, 0) is 44.0 Å². The first-order chi connectivity index (χ1) is 10.1. The van der Waals surface area contributed by atoms with Gasteiger partial charge in [-0.15, -0.1) is 0 Å². The number of benzene rings is 1. The Morgan fingerprint density at radius 3 is 2.57 bits per heavy atom. The Labute approximate surface area is 125 Å². The molecule has 2 atom stereocenters. The molecule has 0 bridgehead atoms. The van der Waals surface area contributed by atoms with E-state index in [4.69, 9.17) is 5.73 Å². The molecule has 3 nitrogen and oxygen atoms in total. The fourth-order valence-corrected chi connectivity index (χ4v) is 3.09. The van der Waals surface area contributed by atoms with Gasteiger partial charge in [-0.3, -0.25) is 4.90 Å². The van der Waals surface area contributed by atoms with Crippen molar-refractivity contribution in [2.45, 2.75) is 51.3 Å². The topological polar surface area (TPSA) is 38.5 Å². The lowest BCUT2D eigenvalue weighted by molar-refractivity contribution is -0.0498. The second-order valence-corrected chi connectivity index (χ2v) is 5.64. The molecule has 118 valence electrons. The normalized spacial score (nSPS) is 22.0. The maximum absolute atomic E-state index is 12.2. The minimum atomic E-state index is -2.79. The fraction of sp³-hybridized carbons (Fsp3) is 0.625. The summed E-state index contributed by atoms with van der Waals surface area (Å²) in [5, 5.41) is 0. The van der Waals surface area contributed by atoms with Gasteiger partial charge >= 0.3 is 6.61 Å². The van der Waals surface area contributed by atoms with E-state index in [1.807, 2.05) is 12.1 Å². The standard InChI is InChI=1S/C16H24F2N2O/c1-12-5-3-2-4-10-20(12)15(11-19)13-6-8-14(9-7-13)21-16(17)18/h6-9,12,15-16H,2-5,10-11,19H2,1H3. The molecule has 2 rings (SSSR count). The number of hydrogen-bond donors (Lipinski definition) is 1.